The van der Waals surface area contributed by atoms with Gasteiger partial charge in [0.05, 0.1) is 24.9 Å². The Balaban J connectivity index is 3.87. The molecule has 0 aromatic heterocycles. The molecular formula is C44H76O8. The smallest absolute Gasteiger partial charge is 0.306 e. The number of ether oxygens (including phenoxy) is 2. The zero-order chi connectivity index (χ0) is 38.5. The van der Waals surface area contributed by atoms with Gasteiger partial charge in [-0.2, -0.15) is 0 Å². The van der Waals surface area contributed by atoms with Crippen LogP contribution in [-0.4, -0.2) is 70.0 Å². The summed E-state index contributed by atoms with van der Waals surface area (Å²) in [4.78, 5) is 24.3. The molecule has 0 saturated heterocycles. The van der Waals surface area contributed by atoms with Gasteiger partial charge in [-0.15, -0.1) is 0 Å². The van der Waals surface area contributed by atoms with Crippen LogP contribution in [0.25, 0.3) is 0 Å². The summed E-state index contributed by atoms with van der Waals surface area (Å²) in [7, 11) is 0. The fourth-order valence-electron chi connectivity index (χ4n) is 5.58. The number of unbranched alkanes of at least 4 members (excludes halogenated alkanes) is 13. The van der Waals surface area contributed by atoms with Gasteiger partial charge in [-0.3, -0.25) is 9.59 Å². The number of carbonyl (C=O) groups excluding carboxylic acids is 2. The molecule has 0 aromatic rings. The van der Waals surface area contributed by atoms with E-state index in [1.54, 1.807) is 42.5 Å². The lowest BCUT2D eigenvalue weighted by Gasteiger charge is -2.17. The van der Waals surface area contributed by atoms with E-state index in [0.717, 1.165) is 31.6 Å². The molecule has 0 aliphatic carbocycles. The molecule has 0 spiro atoms. The Bertz CT molecular complexity index is 985. The lowest BCUT2D eigenvalue weighted by molar-refractivity contribution is -0.161. The summed E-state index contributed by atoms with van der Waals surface area (Å²) in [6.45, 7) is 6.03. The molecule has 0 saturated carbocycles. The third-order valence-corrected chi connectivity index (χ3v) is 9.21. The average Bonchev–Trinajstić information content (AvgIpc) is 3.13. The zero-order valence-corrected chi connectivity index (χ0v) is 33.1. The number of hydrogen-bond donors (Lipinski definition) is 4. The summed E-state index contributed by atoms with van der Waals surface area (Å²) >= 11 is 0. The Morgan fingerprint density at radius 2 is 1.13 bits per heavy atom. The number of carbonyl (C=O) groups is 2. The summed E-state index contributed by atoms with van der Waals surface area (Å²) < 4.78 is 10.4. The number of aliphatic hydroxyl groups is 4. The van der Waals surface area contributed by atoms with Crippen LogP contribution < -0.4 is 0 Å². The molecule has 0 amide bonds. The molecule has 8 nitrogen and oxygen atoms in total. The number of rotatable bonds is 35. The highest BCUT2D eigenvalue weighted by molar-refractivity contribution is 5.70. The van der Waals surface area contributed by atoms with Gasteiger partial charge >= 0.3 is 11.9 Å². The highest BCUT2D eigenvalue weighted by atomic mass is 16.6. The molecule has 0 aliphatic heterocycles. The second-order valence-corrected chi connectivity index (χ2v) is 14.2. The Kier molecular flexibility index (Phi) is 35.0. The highest BCUT2D eigenvalue weighted by Crippen LogP contribution is 2.16. The first-order chi connectivity index (χ1) is 25.2. The predicted octanol–water partition coefficient (Wildman–Crippen LogP) is 9.56. The molecule has 0 aromatic carbocycles. The summed E-state index contributed by atoms with van der Waals surface area (Å²) in [5, 5.41) is 39.7. The Morgan fingerprint density at radius 1 is 0.615 bits per heavy atom. The second kappa shape index (κ2) is 36.8. The van der Waals surface area contributed by atoms with Crippen molar-refractivity contribution >= 4 is 11.9 Å². The van der Waals surface area contributed by atoms with Crippen LogP contribution >= 0.6 is 0 Å². The van der Waals surface area contributed by atoms with E-state index in [-0.39, 0.29) is 31.8 Å². The SMILES string of the molecule is CC/C=C\C[C@H](O)/C=C/C=C/C=C\C=C/[C@@H](O)[C@H](O)CCCC(=O)O[C@@H](CO)COC(=O)CCCCCCCCCCCCCCCCC(C)CC. The normalized spacial score (nSPS) is 15.3. The van der Waals surface area contributed by atoms with Crippen LogP contribution in [0, 0.1) is 5.92 Å². The molecule has 0 heterocycles. The van der Waals surface area contributed by atoms with Crippen molar-refractivity contribution in [1.29, 1.82) is 0 Å². The van der Waals surface area contributed by atoms with Crippen molar-refractivity contribution in [2.75, 3.05) is 13.2 Å². The molecule has 0 bridgehead atoms. The molecule has 0 aliphatic rings. The lowest BCUT2D eigenvalue weighted by Crippen LogP contribution is -2.29. The van der Waals surface area contributed by atoms with E-state index in [0.29, 0.717) is 12.8 Å². The number of aliphatic hydroxyl groups excluding tert-OH is 4. The summed E-state index contributed by atoms with van der Waals surface area (Å²) in [5.74, 6) is -0.0399. The van der Waals surface area contributed by atoms with E-state index in [4.69, 9.17) is 9.47 Å². The van der Waals surface area contributed by atoms with Gasteiger partial charge in [-0.05, 0) is 38.0 Å². The van der Waals surface area contributed by atoms with Crippen molar-refractivity contribution in [3.63, 3.8) is 0 Å². The van der Waals surface area contributed by atoms with E-state index >= 15 is 0 Å². The monoisotopic (exact) mass is 733 g/mol. The third kappa shape index (κ3) is 33.3. The maximum atomic E-state index is 12.2. The van der Waals surface area contributed by atoms with E-state index in [2.05, 4.69) is 13.8 Å². The van der Waals surface area contributed by atoms with Gasteiger partial charge in [-0.25, -0.2) is 0 Å². The molecule has 300 valence electrons. The van der Waals surface area contributed by atoms with E-state index in [1.807, 2.05) is 19.1 Å². The van der Waals surface area contributed by atoms with Crippen LogP contribution in [0.2, 0.25) is 0 Å². The molecule has 8 heteroatoms. The minimum absolute atomic E-state index is 0.00150. The molecule has 5 atom stereocenters. The largest absolute Gasteiger partial charge is 0.462 e. The topological polar surface area (TPSA) is 134 Å². The zero-order valence-electron chi connectivity index (χ0n) is 33.1. The molecule has 0 rings (SSSR count). The summed E-state index contributed by atoms with van der Waals surface area (Å²) in [5.41, 5.74) is 0. The van der Waals surface area contributed by atoms with Crippen molar-refractivity contribution in [2.45, 2.75) is 186 Å². The van der Waals surface area contributed by atoms with Gasteiger partial charge in [0.1, 0.15) is 6.61 Å². The van der Waals surface area contributed by atoms with Crippen molar-refractivity contribution in [3.8, 4) is 0 Å². The Labute approximate surface area is 317 Å². The Morgan fingerprint density at radius 3 is 1.69 bits per heavy atom. The van der Waals surface area contributed by atoms with Gasteiger partial charge in [0, 0.05) is 12.8 Å². The lowest BCUT2D eigenvalue weighted by atomic mass is 9.99. The molecule has 4 N–H and O–H groups in total. The Hall–Kier alpha value is -2.52. The maximum Gasteiger partial charge on any atom is 0.306 e. The summed E-state index contributed by atoms with van der Waals surface area (Å²) in [6, 6.07) is 0. The first-order valence-corrected chi connectivity index (χ1v) is 20.6. The molecule has 0 radical (unpaired) electrons. The quantitative estimate of drug-likeness (QED) is 0.0219. The minimum Gasteiger partial charge on any atom is -0.462 e. The fourth-order valence-corrected chi connectivity index (χ4v) is 5.58. The molecular weight excluding hydrogens is 656 g/mol. The van der Waals surface area contributed by atoms with Crippen LogP contribution in [0.3, 0.4) is 0 Å². The van der Waals surface area contributed by atoms with Crippen LogP contribution in [0.5, 0.6) is 0 Å². The first kappa shape index (κ1) is 49.5. The number of esters is 2. The van der Waals surface area contributed by atoms with Crippen LogP contribution in [0.1, 0.15) is 162 Å². The molecule has 1 unspecified atom stereocenters. The van der Waals surface area contributed by atoms with Crippen LogP contribution in [-0.2, 0) is 19.1 Å². The van der Waals surface area contributed by atoms with Crippen molar-refractivity contribution < 1.29 is 39.5 Å². The van der Waals surface area contributed by atoms with E-state index in [1.165, 1.54) is 89.5 Å². The maximum absolute atomic E-state index is 12.2. The highest BCUT2D eigenvalue weighted by Gasteiger charge is 2.18. The van der Waals surface area contributed by atoms with Gasteiger partial charge in [0.2, 0.25) is 0 Å². The molecule has 52 heavy (non-hydrogen) atoms. The third-order valence-electron chi connectivity index (χ3n) is 9.21. The minimum atomic E-state index is -1.09. The van der Waals surface area contributed by atoms with Crippen molar-refractivity contribution in [2.24, 2.45) is 5.92 Å². The van der Waals surface area contributed by atoms with E-state index in [9.17, 15) is 30.0 Å². The second-order valence-electron chi connectivity index (χ2n) is 14.2. The van der Waals surface area contributed by atoms with Crippen molar-refractivity contribution in [1.82, 2.24) is 0 Å². The van der Waals surface area contributed by atoms with E-state index < -0.39 is 37.0 Å². The fraction of sp³-hybridized carbons (Fsp3) is 0.727. The first-order valence-electron chi connectivity index (χ1n) is 20.6. The predicted molar refractivity (Wildman–Crippen MR) is 214 cm³/mol. The average molecular weight is 733 g/mol. The van der Waals surface area contributed by atoms with Gasteiger partial charge < -0.3 is 29.9 Å². The van der Waals surface area contributed by atoms with Crippen molar-refractivity contribution in [3.05, 3.63) is 60.8 Å². The standard InChI is InChI=1S/C44H76O8/c1-4-6-23-30-39(46)31-25-20-17-18-21-26-32-41(47)42(48)33-28-35-44(50)52-40(36-45)37-51-43(49)34-27-22-16-14-12-10-8-7-9-11-13-15-19-24-29-38(3)5-2/h6,17-18,20-21,23,25-26,31-32,38-42,45-48H,4-5,7-16,19,22,24,27-30,33-37H2,1-3H3/b20-17+,21-18-,23-6-,31-25+,32-26-/t38?,39-,40-,41+,42+/m0/s1. The molecule has 0 fully saturated rings. The number of hydrogen-bond acceptors (Lipinski definition) is 8. The number of allylic oxidation sites excluding steroid dienone is 7. The van der Waals surface area contributed by atoms with Crippen LogP contribution in [0.15, 0.2) is 60.8 Å². The van der Waals surface area contributed by atoms with Gasteiger partial charge in [-0.1, -0.05) is 178 Å². The van der Waals surface area contributed by atoms with Crippen LogP contribution in [0.4, 0.5) is 0 Å². The van der Waals surface area contributed by atoms with Gasteiger partial charge in [0.25, 0.3) is 0 Å². The van der Waals surface area contributed by atoms with Gasteiger partial charge in [0.15, 0.2) is 6.10 Å². The summed E-state index contributed by atoms with van der Waals surface area (Å²) in [6.07, 6.45) is 36.5.